The lowest BCUT2D eigenvalue weighted by molar-refractivity contribution is -0.155. The van der Waals surface area contributed by atoms with Crippen LogP contribution in [0.2, 0.25) is 0 Å². The number of nitrogens with zero attached hydrogens (tertiary/aromatic N) is 1. The standard InChI is InChI=1S/C12H18N2O5/c1-5-12(4)10(17)14(11(18)13-12)6-9(16)19-8(3)7(2)15/h8H,5-6H2,1-4H3,(H,13,18)/t8-,12+/m1/s1. The van der Waals surface area contributed by atoms with E-state index in [2.05, 4.69) is 5.32 Å². The second kappa shape index (κ2) is 5.38. The zero-order chi connectivity index (χ0) is 14.8. The summed E-state index contributed by atoms with van der Waals surface area (Å²) in [5.41, 5.74) is -0.983. The first-order chi connectivity index (χ1) is 8.71. The van der Waals surface area contributed by atoms with Gasteiger partial charge >= 0.3 is 12.0 Å². The van der Waals surface area contributed by atoms with Gasteiger partial charge in [-0.25, -0.2) is 4.79 Å². The number of esters is 1. The van der Waals surface area contributed by atoms with E-state index in [4.69, 9.17) is 4.74 Å². The van der Waals surface area contributed by atoms with Crippen LogP contribution < -0.4 is 5.32 Å². The lowest BCUT2D eigenvalue weighted by atomic mass is 9.99. The minimum Gasteiger partial charge on any atom is -0.453 e. The minimum absolute atomic E-state index is 0.302. The summed E-state index contributed by atoms with van der Waals surface area (Å²) in [4.78, 5) is 46.9. The average molecular weight is 270 g/mol. The molecule has 0 aromatic rings. The normalized spacial score (nSPS) is 24.1. The molecule has 2 atom stereocenters. The molecule has 1 N–H and O–H groups in total. The Morgan fingerprint density at radius 1 is 1.42 bits per heavy atom. The molecule has 1 aliphatic heterocycles. The highest BCUT2D eigenvalue weighted by Crippen LogP contribution is 2.20. The molecule has 3 amide bonds. The van der Waals surface area contributed by atoms with Gasteiger partial charge in [-0.2, -0.15) is 0 Å². The molecule has 7 heteroatoms. The third-order valence-electron chi connectivity index (χ3n) is 3.22. The van der Waals surface area contributed by atoms with Crippen molar-refractivity contribution in [2.45, 2.75) is 45.8 Å². The van der Waals surface area contributed by atoms with Gasteiger partial charge in [-0.15, -0.1) is 0 Å². The molecule has 1 heterocycles. The third kappa shape index (κ3) is 3.10. The number of urea groups is 1. The molecule has 0 bridgehead atoms. The number of hydrogen-bond donors (Lipinski definition) is 1. The molecular weight excluding hydrogens is 252 g/mol. The first-order valence-electron chi connectivity index (χ1n) is 6.05. The zero-order valence-corrected chi connectivity index (χ0v) is 11.5. The number of carbonyl (C=O) groups is 4. The van der Waals surface area contributed by atoms with Gasteiger partial charge in [0.05, 0.1) is 0 Å². The van der Waals surface area contributed by atoms with Crippen LogP contribution in [0.5, 0.6) is 0 Å². The average Bonchev–Trinajstić information content (AvgIpc) is 2.53. The summed E-state index contributed by atoms with van der Waals surface area (Å²) in [5, 5.41) is 2.52. The van der Waals surface area contributed by atoms with Crippen LogP contribution in [-0.4, -0.2) is 46.8 Å². The molecule has 0 spiro atoms. The maximum absolute atomic E-state index is 12.0. The number of ketones is 1. The van der Waals surface area contributed by atoms with Gasteiger partial charge in [0.15, 0.2) is 11.9 Å². The topological polar surface area (TPSA) is 92.8 Å². The molecule has 1 saturated heterocycles. The fourth-order valence-electron chi connectivity index (χ4n) is 1.58. The van der Waals surface area contributed by atoms with Gasteiger partial charge in [0, 0.05) is 0 Å². The fraction of sp³-hybridized carbons (Fsp3) is 0.667. The van der Waals surface area contributed by atoms with Crippen LogP contribution in [0.15, 0.2) is 0 Å². The van der Waals surface area contributed by atoms with Crippen LogP contribution in [-0.2, 0) is 19.1 Å². The van der Waals surface area contributed by atoms with Crippen LogP contribution in [0, 0.1) is 0 Å². The minimum atomic E-state index is -0.983. The largest absolute Gasteiger partial charge is 0.453 e. The van der Waals surface area contributed by atoms with Gasteiger partial charge in [0.1, 0.15) is 12.1 Å². The van der Waals surface area contributed by atoms with Gasteiger partial charge < -0.3 is 10.1 Å². The highest BCUT2D eigenvalue weighted by Gasteiger charge is 2.47. The van der Waals surface area contributed by atoms with Crippen molar-refractivity contribution in [1.29, 1.82) is 0 Å². The van der Waals surface area contributed by atoms with Crippen LogP contribution in [0.1, 0.15) is 34.1 Å². The summed E-state index contributed by atoms with van der Waals surface area (Å²) >= 11 is 0. The Labute approximate surface area is 111 Å². The molecule has 0 unspecified atom stereocenters. The first-order valence-corrected chi connectivity index (χ1v) is 6.05. The Morgan fingerprint density at radius 3 is 2.42 bits per heavy atom. The van der Waals surface area contributed by atoms with E-state index in [1.54, 1.807) is 13.8 Å². The molecule has 0 aromatic heterocycles. The summed E-state index contributed by atoms with van der Waals surface area (Å²) in [6, 6.07) is -0.623. The Hall–Kier alpha value is -1.92. The van der Waals surface area contributed by atoms with Gasteiger partial charge in [-0.1, -0.05) is 6.92 Å². The van der Waals surface area contributed by atoms with Crippen molar-refractivity contribution in [3.05, 3.63) is 0 Å². The van der Waals surface area contributed by atoms with Crippen LogP contribution >= 0.6 is 0 Å². The number of rotatable bonds is 5. The van der Waals surface area contributed by atoms with Crippen molar-refractivity contribution in [2.24, 2.45) is 0 Å². The van der Waals surface area contributed by atoms with E-state index in [1.165, 1.54) is 13.8 Å². The molecule has 1 fully saturated rings. The number of ether oxygens (including phenoxy) is 1. The van der Waals surface area contributed by atoms with Crippen molar-refractivity contribution >= 4 is 23.7 Å². The van der Waals surface area contributed by atoms with Crippen molar-refractivity contribution in [3.63, 3.8) is 0 Å². The SMILES string of the molecule is CC[C@]1(C)NC(=O)N(CC(=O)O[C@H](C)C(C)=O)C1=O. The van der Waals surface area contributed by atoms with E-state index in [9.17, 15) is 19.2 Å². The third-order valence-corrected chi connectivity index (χ3v) is 3.22. The maximum atomic E-state index is 12.0. The van der Waals surface area contributed by atoms with Crippen LogP contribution in [0.4, 0.5) is 4.79 Å². The summed E-state index contributed by atoms with van der Waals surface area (Å²) in [6.07, 6.45) is -0.460. The van der Waals surface area contributed by atoms with Crippen molar-refractivity contribution in [1.82, 2.24) is 10.2 Å². The molecule has 19 heavy (non-hydrogen) atoms. The molecule has 1 aliphatic rings. The summed E-state index contributed by atoms with van der Waals surface area (Å²) < 4.78 is 4.81. The molecule has 106 valence electrons. The molecule has 7 nitrogen and oxygen atoms in total. The van der Waals surface area contributed by atoms with Crippen molar-refractivity contribution in [2.75, 3.05) is 6.54 Å². The van der Waals surface area contributed by atoms with Gasteiger partial charge in [-0.05, 0) is 27.2 Å². The molecule has 0 saturated carbocycles. The highest BCUT2D eigenvalue weighted by atomic mass is 16.5. The molecular formula is C12H18N2O5. The molecule has 1 rings (SSSR count). The number of hydrogen-bond acceptors (Lipinski definition) is 5. The number of Topliss-reactive ketones (excluding diaryl/α,β-unsaturated/α-hetero) is 1. The van der Waals surface area contributed by atoms with Gasteiger partial charge in [0.2, 0.25) is 0 Å². The maximum Gasteiger partial charge on any atom is 0.326 e. The van der Waals surface area contributed by atoms with E-state index in [-0.39, 0.29) is 5.78 Å². The Bertz CT molecular complexity index is 434. The quantitative estimate of drug-likeness (QED) is 0.570. The number of imide groups is 1. The summed E-state index contributed by atoms with van der Waals surface area (Å²) in [5.74, 6) is -1.55. The first kappa shape index (κ1) is 15.1. The number of amides is 3. The smallest absolute Gasteiger partial charge is 0.326 e. The predicted octanol–water partition coefficient (Wildman–Crippen LogP) is 0.228. The Morgan fingerprint density at radius 2 is 2.00 bits per heavy atom. The molecule has 0 radical (unpaired) electrons. The highest BCUT2D eigenvalue weighted by molar-refractivity contribution is 6.08. The van der Waals surface area contributed by atoms with E-state index >= 15 is 0 Å². The van der Waals surface area contributed by atoms with Crippen LogP contribution in [0.3, 0.4) is 0 Å². The second-order valence-electron chi connectivity index (χ2n) is 4.75. The van der Waals surface area contributed by atoms with Crippen LogP contribution in [0.25, 0.3) is 0 Å². The number of nitrogens with one attached hydrogen (secondary N) is 1. The van der Waals surface area contributed by atoms with E-state index in [0.29, 0.717) is 6.42 Å². The summed E-state index contributed by atoms with van der Waals surface area (Å²) in [7, 11) is 0. The lowest BCUT2D eigenvalue weighted by Crippen LogP contribution is -2.43. The van der Waals surface area contributed by atoms with E-state index < -0.39 is 36.1 Å². The zero-order valence-electron chi connectivity index (χ0n) is 11.5. The summed E-state index contributed by atoms with van der Waals surface area (Å²) in [6.45, 7) is 5.59. The molecule has 0 aliphatic carbocycles. The van der Waals surface area contributed by atoms with Gasteiger partial charge in [-0.3, -0.25) is 19.3 Å². The van der Waals surface area contributed by atoms with E-state index in [1.807, 2.05) is 0 Å². The Balaban J connectivity index is 2.68. The fourth-order valence-corrected chi connectivity index (χ4v) is 1.58. The van der Waals surface area contributed by atoms with Gasteiger partial charge in [0.25, 0.3) is 5.91 Å². The number of carbonyl (C=O) groups excluding carboxylic acids is 4. The predicted molar refractivity (Wildman–Crippen MR) is 65.2 cm³/mol. The molecule has 0 aromatic carbocycles. The van der Waals surface area contributed by atoms with E-state index in [0.717, 1.165) is 4.90 Å². The van der Waals surface area contributed by atoms with Crippen molar-refractivity contribution < 1.29 is 23.9 Å². The Kier molecular flexibility index (Phi) is 4.28. The lowest BCUT2D eigenvalue weighted by Gasteiger charge is -2.19. The van der Waals surface area contributed by atoms with Crippen molar-refractivity contribution in [3.8, 4) is 0 Å². The monoisotopic (exact) mass is 270 g/mol. The second-order valence-corrected chi connectivity index (χ2v) is 4.75.